The lowest BCUT2D eigenvalue weighted by Gasteiger charge is -2.39. The molecular weight excluding hydrogens is 254 g/mol. The van der Waals surface area contributed by atoms with Gasteiger partial charge in [-0.2, -0.15) is 5.26 Å². The van der Waals surface area contributed by atoms with Crippen molar-refractivity contribution in [2.45, 2.75) is 57.1 Å². The molecule has 1 unspecified atom stereocenters. The fourth-order valence-electron chi connectivity index (χ4n) is 2.72. The number of nitriles is 1. The Morgan fingerprint density at radius 2 is 1.95 bits per heavy atom. The summed E-state index contributed by atoms with van der Waals surface area (Å²) < 4.78 is 0. The molecule has 0 bridgehead atoms. The van der Waals surface area contributed by atoms with Crippen LogP contribution in [0.15, 0.2) is 0 Å². The lowest BCUT2D eigenvalue weighted by Crippen LogP contribution is -2.52. The number of aliphatic hydroxyl groups excluding tert-OH is 1. The zero-order valence-electron chi connectivity index (χ0n) is 12.9. The average molecular weight is 281 g/mol. The van der Waals surface area contributed by atoms with Crippen molar-refractivity contribution in [2.24, 2.45) is 0 Å². The van der Waals surface area contributed by atoms with Crippen LogP contribution in [0, 0.1) is 11.3 Å². The van der Waals surface area contributed by atoms with Gasteiger partial charge < -0.3 is 10.0 Å². The molecule has 0 spiro atoms. The second-order valence-corrected chi connectivity index (χ2v) is 6.03. The Morgan fingerprint density at radius 3 is 2.45 bits per heavy atom. The van der Waals surface area contributed by atoms with Gasteiger partial charge in [-0.1, -0.05) is 19.3 Å². The fraction of sp³-hybridized carbons (Fsp3) is 0.867. The van der Waals surface area contributed by atoms with E-state index in [0.29, 0.717) is 19.5 Å². The molecule has 1 aliphatic carbocycles. The van der Waals surface area contributed by atoms with Crippen LogP contribution in [0.5, 0.6) is 0 Å². The minimum absolute atomic E-state index is 0.0125. The first-order valence-corrected chi connectivity index (χ1v) is 7.46. The molecule has 1 amide bonds. The van der Waals surface area contributed by atoms with E-state index in [1.807, 2.05) is 11.9 Å². The molecule has 0 aromatic heterocycles. The Bertz CT molecular complexity index is 357. The van der Waals surface area contributed by atoms with Crippen LogP contribution >= 0.6 is 0 Å². The maximum Gasteiger partial charge on any atom is 0.237 e. The maximum atomic E-state index is 12.3. The van der Waals surface area contributed by atoms with Crippen molar-refractivity contribution in [1.82, 2.24) is 9.80 Å². The highest BCUT2D eigenvalue weighted by Crippen LogP contribution is 2.32. The summed E-state index contributed by atoms with van der Waals surface area (Å²) in [6.45, 7) is 2.72. The number of amides is 1. The van der Waals surface area contributed by atoms with Crippen molar-refractivity contribution in [3.05, 3.63) is 0 Å². The number of rotatable bonds is 6. The SMILES string of the molecule is CC(O)CCN(C)CC(=O)N(C)C1(C#N)CCCCC1. The third-order valence-corrected chi connectivity index (χ3v) is 4.24. The molecule has 1 rings (SSSR count). The summed E-state index contributed by atoms with van der Waals surface area (Å²) in [5.41, 5.74) is -0.611. The van der Waals surface area contributed by atoms with E-state index in [0.717, 1.165) is 32.1 Å². The van der Waals surface area contributed by atoms with Gasteiger partial charge >= 0.3 is 0 Å². The van der Waals surface area contributed by atoms with Gasteiger partial charge in [0, 0.05) is 13.6 Å². The van der Waals surface area contributed by atoms with Gasteiger partial charge in [0.15, 0.2) is 0 Å². The number of hydrogen-bond donors (Lipinski definition) is 1. The molecule has 0 aromatic carbocycles. The number of carbonyl (C=O) groups is 1. The van der Waals surface area contributed by atoms with E-state index in [2.05, 4.69) is 6.07 Å². The zero-order chi connectivity index (χ0) is 15.2. The smallest absolute Gasteiger partial charge is 0.237 e. The lowest BCUT2D eigenvalue weighted by atomic mass is 9.81. The van der Waals surface area contributed by atoms with E-state index in [1.54, 1.807) is 18.9 Å². The molecule has 1 aliphatic rings. The van der Waals surface area contributed by atoms with Crippen molar-refractivity contribution >= 4 is 5.91 Å². The standard InChI is InChI=1S/C15H27N3O2/c1-13(19)7-10-17(2)11-14(20)18(3)15(12-16)8-5-4-6-9-15/h13,19H,4-11H2,1-3H3. The van der Waals surface area contributed by atoms with E-state index in [-0.39, 0.29) is 12.0 Å². The summed E-state index contributed by atoms with van der Waals surface area (Å²) in [5, 5.41) is 18.7. The summed E-state index contributed by atoms with van der Waals surface area (Å²) in [4.78, 5) is 15.9. The maximum absolute atomic E-state index is 12.3. The van der Waals surface area contributed by atoms with Crippen LogP contribution in [-0.2, 0) is 4.79 Å². The van der Waals surface area contributed by atoms with E-state index < -0.39 is 5.54 Å². The van der Waals surface area contributed by atoms with E-state index in [1.165, 1.54) is 0 Å². The molecule has 1 saturated carbocycles. The molecular formula is C15H27N3O2. The Balaban J connectivity index is 2.55. The topological polar surface area (TPSA) is 67.6 Å². The lowest BCUT2D eigenvalue weighted by molar-refractivity contribution is -0.135. The van der Waals surface area contributed by atoms with Gasteiger partial charge in [0.05, 0.1) is 18.7 Å². The van der Waals surface area contributed by atoms with Crippen molar-refractivity contribution in [3.63, 3.8) is 0 Å². The summed E-state index contributed by atoms with van der Waals surface area (Å²) >= 11 is 0. The summed E-state index contributed by atoms with van der Waals surface area (Å²) in [6, 6.07) is 2.37. The van der Waals surface area contributed by atoms with Gasteiger partial charge in [-0.25, -0.2) is 0 Å². The fourth-order valence-corrected chi connectivity index (χ4v) is 2.72. The van der Waals surface area contributed by atoms with Gasteiger partial charge in [0.25, 0.3) is 0 Å². The Morgan fingerprint density at radius 1 is 1.35 bits per heavy atom. The second-order valence-electron chi connectivity index (χ2n) is 6.03. The minimum Gasteiger partial charge on any atom is -0.393 e. The molecule has 1 atom stereocenters. The minimum atomic E-state index is -0.611. The highest BCUT2D eigenvalue weighted by Gasteiger charge is 2.38. The van der Waals surface area contributed by atoms with Crippen LogP contribution in [0.2, 0.25) is 0 Å². The molecule has 1 N–H and O–H groups in total. The number of carbonyl (C=O) groups excluding carboxylic acids is 1. The number of nitrogens with zero attached hydrogens (tertiary/aromatic N) is 3. The van der Waals surface area contributed by atoms with Crippen LogP contribution < -0.4 is 0 Å². The quantitative estimate of drug-likeness (QED) is 0.798. The van der Waals surface area contributed by atoms with Gasteiger partial charge in [0.1, 0.15) is 5.54 Å². The normalized spacial score (nSPS) is 19.4. The Labute approximate surface area is 122 Å². The molecule has 0 heterocycles. The number of likely N-dealkylation sites (N-methyl/N-ethyl adjacent to an activating group) is 2. The summed E-state index contributed by atoms with van der Waals surface area (Å²) in [6.07, 6.45) is 5.05. The first kappa shape index (κ1) is 16.9. The molecule has 5 nitrogen and oxygen atoms in total. The number of aliphatic hydroxyl groups is 1. The van der Waals surface area contributed by atoms with Gasteiger partial charge in [-0.05, 0) is 33.2 Å². The van der Waals surface area contributed by atoms with Crippen molar-refractivity contribution in [1.29, 1.82) is 5.26 Å². The predicted octanol–water partition coefficient (Wildman–Crippen LogP) is 1.37. The third kappa shape index (κ3) is 4.46. The van der Waals surface area contributed by atoms with Crippen LogP contribution in [0.25, 0.3) is 0 Å². The number of hydrogen-bond acceptors (Lipinski definition) is 4. The monoisotopic (exact) mass is 281 g/mol. The molecule has 0 saturated heterocycles. The third-order valence-electron chi connectivity index (χ3n) is 4.24. The van der Waals surface area contributed by atoms with Gasteiger partial charge in [-0.15, -0.1) is 0 Å². The van der Waals surface area contributed by atoms with Crippen LogP contribution in [0.3, 0.4) is 0 Å². The Hall–Kier alpha value is -1.12. The van der Waals surface area contributed by atoms with Gasteiger partial charge in [-0.3, -0.25) is 9.69 Å². The molecule has 20 heavy (non-hydrogen) atoms. The van der Waals surface area contributed by atoms with Crippen molar-refractivity contribution in [3.8, 4) is 6.07 Å². The highest BCUT2D eigenvalue weighted by atomic mass is 16.3. The largest absolute Gasteiger partial charge is 0.393 e. The molecule has 0 aliphatic heterocycles. The summed E-state index contributed by atoms with van der Waals surface area (Å²) in [7, 11) is 3.62. The average Bonchev–Trinajstić information content (AvgIpc) is 2.45. The van der Waals surface area contributed by atoms with Crippen molar-refractivity contribution < 1.29 is 9.90 Å². The van der Waals surface area contributed by atoms with Crippen LogP contribution in [-0.4, -0.2) is 59.6 Å². The Kier molecular flexibility index (Phi) is 6.44. The van der Waals surface area contributed by atoms with E-state index >= 15 is 0 Å². The molecule has 114 valence electrons. The van der Waals surface area contributed by atoms with Crippen molar-refractivity contribution in [2.75, 3.05) is 27.2 Å². The van der Waals surface area contributed by atoms with Crippen LogP contribution in [0.1, 0.15) is 45.4 Å². The molecule has 0 radical (unpaired) electrons. The first-order valence-electron chi connectivity index (χ1n) is 7.46. The van der Waals surface area contributed by atoms with E-state index in [4.69, 9.17) is 0 Å². The zero-order valence-corrected chi connectivity index (χ0v) is 12.9. The molecule has 0 aromatic rings. The first-order chi connectivity index (χ1) is 9.41. The summed E-state index contributed by atoms with van der Waals surface area (Å²) in [5.74, 6) is -0.0125. The molecule has 1 fully saturated rings. The van der Waals surface area contributed by atoms with Gasteiger partial charge in [0.2, 0.25) is 5.91 Å². The highest BCUT2D eigenvalue weighted by molar-refractivity contribution is 5.79. The van der Waals surface area contributed by atoms with Crippen LogP contribution in [0.4, 0.5) is 0 Å². The van der Waals surface area contributed by atoms with E-state index in [9.17, 15) is 15.2 Å². The molecule has 5 heteroatoms. The predicted molar refractivity (Wildman–Crippen MR) is 78.0 cm³/mol. The second kappa shape index (κ2) is 7.61.